The van der Waals surface area contributed by atoms with Gasteiger partial charge in [-0.1, -0.05) is 0 Å². The van der Waals surface area contributed by atoms with Crippen molar-refractivity contribution in [3.8, 4) is 0 Å². The summed E-state index contributed by atoms with van der Waals surface area (Å²) in [5.74, 6) is -1.61. The fraction of sp³-hybridized carbons (Fsp3) is 0.364. The van der Waals surface area contributed by atoms with Crippen molar-refractivity contribution in [3.63, 3.8) is 0 Å². The highest BCUT2D eigenvalue weighted by Crippen LogP contribution is 2.11. The number of hydrogen-bond donors (Lipinski definition) is 2. The summed E-state index contributed by atoms with van der Waals surface area (Å²) >= 11 is 0. The predicted octanol–water partition coefficient (Wildman–Crippen LogP) is -0.707. The molecule has 0 aromatic carbocycles. The Hall–Kier alpha value is -2.00. The highest BCUT2D eigenvalue weighted by atomic mass is 32.2. The van der Waals surface area contributed by atoms with Crippen molar-refractivity contribution in [1.29, 1.82) is 0 Å². The minimum Gasteiger partial charge on any atom is -0.481 e. The van der Waals surface area contributed by atoms with Crippen molar-refractivity contribution >= 4 is 21.9 Å². The van der Waals surface area contributed by atoms with Gasteiger partial charge in [0, 0.05) is 26.0 Å². The minimum absolute atomic E-state index is 0.0131. The zero-order valence-electron chi connectivity index (χ0n) is 10.8. The fourth-order valence-corrected chi connectivity index (χ4v) is 2.42. The molecule has 1 rings (SSSR count). The van der Waals surface area contributed by atoms with E-state index in [1.54, 1.807) is 0 Å². The molecule has 0 unspecified atom stereocenters. The predicted molar refractivity (Wildman–Crippen MR) is 69.3 cm³/mol. The molecule has 9 heteroatoms. The summed E-state index contributed by atoms with van der Waals surface area (Å²) in [6.07, 6.45) is 2.41. The van der Waals surface area contributed by atoms with Crippen LogP contribution in [0.3, 0.4) is 0 Å². The number of rotatable bonds is 7. The lowest BCUT2D eigenvalue weighted by atomic mass is 10.4. The molecule has 0 aliphatic heterocycles. The maximum atomic E-state index is 12.1. The van der Waals surface area contributed by atoms with Gasteiger partial charge < -0.3 is 10.4 Å². The lowest BCUT2D eigenvalue weighted by Gasteiger charge is -2.16. The van der Waals surface area contributed by atoms with E-state index in [4.69, 9.17) is 5.11 Å². The summed E-state index contributed by atoms with van der Waals surface area (Å²) in [6.45, 7) is -0.439. The first-order chi connectivity index (χ1) is 9.34. The molecule has 1 amide bonds. The number of carbonyl (C=O) groups excluding carboxylic acids is 1. The van der Waals surface area contributed by atoms with Crippen LogP contribution in [-0.2, 0) is 19.6 Å². The number of pyridine rings is 1. The molecule has 0 saturated carbocycles. The minimum atomic E-state index is -3.78. The summed E-state index contributed by atoms with van der Waals surface area (Å²) in [4.78, 5) is 25.5. The number of hydrogen-bond acceptors (Lipinski definition) is 5. The van der Waals surface area contributed by atoms with Crippen LogP contribution in [0.15, 0.2) is 29.4 Å². The highest BCUT2D eigenvalue weighted by Gasteiger charge is 2.22. The number of nitrogens with one attached hydrogen (secondary N) is 1. The first kappa shape index (κ1) is 16.1. The van der Waals surface area contributed by atoms with Gasteiger partial charge in [-0.2, -0.15) is 4.31 Å². The standard InChI is InChI=1S/C11H15N3O5S/c1-14(8-10(15)13-6-4-11(16)17)20(18,19)9-3-2-5-12-7-9/h2-3,5,7H,4,6,8H2,1H3,(H,13,15)(H,16,17). The van der Waals surface area contributed by atoms with Crippen LogP contribution >= 0.6 is 0 Å². The van der Waals surface area contributed by atoms with Gasteiger partial charge in [0.2, 0.25) is 15.9 Å². The molecule has 110 valence electrons. The molecular weight excluding hydrogens is 286 g/mol. The molecule has 1 heterocycles. The number of nitrogens with zero attached hydrogens (tertiary/aromatic N) is 2. The molecule has 8 nitrogen and oxygen atoms in total. The second-order valence-electron chi connectivity index (χ2n) is 3.94. The quantitative estimate of drug-likeness (QED) is 0.687. The Balaban J connectivity index is 2.60. The molecule has 0 saturated heterocycles. The molecule has 2 N–H and O–H groups in total. The number of aromatic nitrogens is 1. The Kier molecular flexibility index (Phi) is 5.59. The van der Waals surface area contributed by atoms with E-state index in [1.165, 1.54) is 31.6 Å². The van der Waals surface area contributed by atoms with E-state index in [2.05, 4.69) is 10.3 Å². The average molecular weight is 301 g/mol. The molecule has 1 aromatic rings. The molecule has 0 bridgehead atoms. The van der Waals surface area contributed by atoms with Gasteiger partial charge in [-0.25, -0.2) is 8.42 Å². The van der Waals surface area contributed by atoms with E-state index in [0.29, 0.717) is 0 Å². The van der Waals surface area contributed by atoms with Gasteiger partial charge in [0.05, 0.1) is 13.0 Å². The smallest absolute Gasteiger partial charge is 0.305 e. The number of sulfonamides is 1. The molecule has 0 fully saturated rings. The largest absolute Gasteiger partial charge is 0.481 e. The third-order valence-electron chi connectivity index (χ3n) is 2.37. The van der Waals surface area contributed by atoms with Gasteiger partial charge in [0.25, 0.3) is 0 Å². The molecular formula is C11H15N3O5S. The molecule has 0 radical (unpaired) electrons. The van der Waals surface area contributed by atoms with E-state index in [1.807, 2.05) is 0 Å². The Morgan fingerprint density at radius 3 is 2.70 bits per heavy atom. The number of aliphatic carboxylic acids is 1. The first-order valence-electron chi connectivity index (χ1n) is 5.69. The van der Waals surface area contributed by atoms with Crippen molar-refractivity contribution in [3.05, 3.63) is 24.5 Å². The summed E-state index contributed by atoms with van der Waals surface area (Å²) < 4.78 is 25.0. The Bertz CT molecular complexity index is 573. The van der Waals surface area contributed by atoms with E-state index >= 15 is 0 Å². The maximum Gasteiger partial charge on any atom is 0.305 e. The van der Waals surface area contributed by atoms with Gasteiger partial charge in [-0.05, 0) is 12.1 Å². The van der Waals surface area contributed by atoms with E-state index < -0.39 is 28.4 Å². The van der Waals surface area contributed by atoms with Crippen LogP contribution < -0.4 is 5.32 Å². The third kappa shape index (κ3) is 4.59. The molecule has 0 aliphatic carbocycles. The molecule has 1 aromatic heterocycles. The zero-order chi connectivity index (χ0) is 15.2. The third-order valence-corrected chi connectivity index (χ3v) is 4.16. The van der Waals surface area contributed by atoms with Crippen LogP contribution in [0.4, 0.5) is 0 Å². The van der Waals surface area contributed by atoms with E-state index in [0.717, 1.165) is 4.31 Å². The van der Waals surface area contributed by atoms with Crippen LogP contribution in [0.5, 0.6) is 0 Å². The highest BCUT2D eigenvalue weighted by molar-refractivity contribution is 7.89. The molecule has 0 spiro atoms. The van der Waals surface area contributed by atoms with Crippen molar-refractivity contribution in [2.45, 2.75) is 11.3 Å². The number of carboxylic acids is 1. The van der Waals surface area contributed by atoms with Crippen LogP contribution in [0.25, 0.3) is 0 Å². The SMILES string of the molecule is CN(CC(=O)NCCC(=O)O)S(=O)(=O)c1cccnc1. The summed E-state index contributed by atoms with van der Waals surface area (Å²) in [5.41, 5.74) is 0. The van der Waals surface area contributed by atoms with Crippen molar-refractivity contribution in [2.75, 3.05) is 20.1 Å². The van der Waals surface area contributed by atoms with Crippen LogP contribution in [0.2, 0.25) is 0 Å². The number of likely N-dealkylation sites (N-methyl/N-ethyl adjacent to an activating group) is 1. The van der Waals surface area contributed by atoms with Gasteiger partial charge in [0.15, 0.2) is 0 Å². The van der Waals surface area contributed by atoms with E-state index in [9.17, 15) is 18.0 Å². The maximum absolute atomic E-state index is 12.1. The Morgan fingerprint density at radius 2 is 2.15 bits per heavy atom. The second kappa shape index (κ2) is 6.96. The van der Waals surface area contributed by atoms with Crippen molar-refractivity contribution in [1.82, 2.24) is 14.6 Å². The number of amides is 1. The monoisotopic (exact) mass is 301 g/mol. The fourth-order valence-electron chi connectivity index (χ4n) is 1.33. The topological polar surface area (TPSA) is 117 Å². The number of carboxylic acid groups (broad SMARTS) is 1. The van der Waals surface area contributed by atoms with Crippen molar-refractivity contribution in [2.24, 2.45) is 0 Å². The number of carbonyl (C=O) groups is 2. The van der Waals surface area contributed by atoms with Gasteiger partial charge in [-0.3, -0.25) is 14.6 Å². The summed E-state index contributed by atoms with van der Waals surface area (Å²) in [7, 11) is -2.52. The summed E-state index contributed by atoms with van der Waals surface area (Å²) in [6, 6.07) is 2.86. The normalized spacial score (nSPS) is 11.3. The van der Waals surface area contributed by atoms with Gasteiger partial charge in [-0.15, -0.1) is 0 Å². The van der Waals surface area contributed by atoms with Gasteiger partial charge in [0.1, 0.15) is 4.90 Å². The lowest BCUT2D eigenvalue weighted by Crippen LogP contribution is -2.39. The van der Waals surface area contributed by atoms with Crippen LogP contribution in [0, 0.1) is 0 Å². The molecule has 0 atom stereocenters. The lowest BCUT2D eigenvalue weighted by molar-refractivity contribution is -0.136. The van der Waals surface area contributed by atoms with Crippen molar-refractivity contribution < 1.29 is 23.1 Å². The van der Waals surface area contributed by atoms with Gasteiger partial charge >= 0.3 is 5.97 Å². The Labute approximate surface area is 116 Å². The van der Waals surface area contributed by atoms with Crippen LogP contribution in [0.1, 0.15) is 6.42 Å². The molecule has 20 heavy (non-hydrogen) atoms. The first-order valence-corrected chi connectivity index (χ1v) is 7.13. The summed E-state index contributed by atoms with van der Waals surface area (Å²) in [5, 5.41) is 10.7. The second-order valence-corrected chi connectivity index (χ2v) is 5.99. The molecule has 0 aliphatic rings. The average Bonchev–Trinajstić information content (AvgIpc) is 2.39. The Morgan fingerprint density at radius 1 is 1.45 bits per heavy atom. The van der Waals surface area contributed by atoms with Crippen LogP contribution in [-0.4, -0.2) is 54.8 Å². The van der Waals surface area contributed by atoms with E-state index in [-0.39, 0.29) is 17.9 Å². The zero-order valence-corrected chi connectivity index (χ0v) is 11.6.